The zero-order valence-electron chi connectivity index (χ0n) is 17.6. The molecule has 3 heterocycles. The molecule has 1 aliphatic rings. The Morgan fingerprint density at radius 2 is 1.97 bits per heavy atom. The summed E-state index contributed by atoms with van der Waals surface area (Å²) >= 11 is 7.11. The van der Waals surface area contributed by atoms with E-state index in [1.165, 1.54) is 11.6 Å². The lowest BCUT2D eigenvalue weighted by Crippen LogP contribution is -2.38. The Hall–Kier alpha value is -2.69. The van der Waals surface area contributed by atoms with E-state index < -0.39 is 11.2 Å². The fraction of sp³-hybridized carbons (Fsp3) is 0.381. The first-order chi connectivity index (χ1) is 15.3. The third-order valence-corrected chi connectivity index (χ3v) is 6.49. The molecule has 1 aromatic carbocycles. The Morgan fingerprint density at radius 1 is 1.22 bits per heavy atom. The fourth-order valence-electron chi connectivity index (χ4n) is 3.48. The third kappa shape index (κ3) is 4.57. The van der Waals surface area contributed by atoms with Crippen molar-refractivity contribution in [3.8, 4) is 11.4 Å². The highest BCUT2D eigenvalue weighted by Crippen LogP contribution is 2.26. The highest BCUT2D eigenvalue weighted by atomic mass is 35.5. The molecule has 9 nitrogen and oxygen atoms in total. The summed E-state index contributed by atoms with van der Waals surface area (Å²) in [7, 11) is 2.95. The third-order valence-electron chi connectivity index (χ3n) is 5.26. The summed E-state index contributed by atoms with van der Waals surface area (Å²) in [6, 6.07) is 6.93. The maximum atomic E-state index is 12.9. The number of amides is 1. The number of carbonyl (C=O) groups is 1. The number of rotatable bonds is 6. The summed E-state index contributed by atoms with van der Waals surface area (Å²) in [5.41, 5.74) is -0.115. The van der Waals surface area contributed by atoms with E-state index in [-0.39, 0.29) is 28.8 Å². The summed E-state index contributed by atoms with van der Waals surface area (Å²) in [5, 5.41) is 3.96. The van der Waals surface area contributed by atoms with Crippen LogP contribution in [0.15, 0.2) is 38.9 Å². The molecule has 1 aliphatic heterocycles. The van der Waals surface area contributed by atoms with E-state index in [4.69, 9.17) is 16.3 Å². The van der Waals surface area contributed by atoms with Crippen LogP contribution in [-0.2, 0) is 23.6 Å². The van der Waals surface area contributed by atoms with Crippen LogP contribution in [0.4, 0.5) is 0 Å². The summed E-state index contributed by atoms with van der Waals surface area (Å²) in [6.45, 7) is 1.17. The molecule has 1 atom stereocenters. The molecule has 11 heteroatoms. The minimum Gasteiger partial charge on any atom is -0.376 e. The Balaban J connectivity index is 1.70. The molecule has 1 N–H and O–H groups in total. The first kappa shape index (κ1) is 22.5. The van der Waals surface area contributed by atoms with Crippen molar-refractivity contribution in [3.63, 3.8) is 0 Å². The lowest BCUT2D eigenvalue weighted by Gasteiger charge is -2.13. The van der Waals surface area contributed by atoms with Gasteiger partial charge < -0.3 is 10.1 Å². The smallest absolute Gasteiger partial charge is 0.332 e. The van der Waals surface area contributed by atoms with Crippen LogP contribution in [-0.4, -0.2) is 50.0 Å². The normalized spacial score (nSPS) is 15.9. The summed E-state index contributed by atoms with van der Waals surface area (Å²) in [5.74, 6) is 0.205. The predicted molar refractivity (Wildman–Crippen MR) is 123 cm³/mol. The average molecular weight is 476 g/mol. The molecule has 0 unspecified atom stereocenters. The fourth-order valence-corrected chi connectivity index (χ4v) is 4.45. The van der Waals surface area contributed by atoms with E-state index >= 15 is 0 Å². The topological polar surface area (TPSA) is 108 Å². The second kappa shape index (κ2) is 9.43. The maximum Gasteiger partial charge on any atom is 0.332 e. The van der Waals surface area contributed by atoms with Crippen LogP contribution in [0.5, 0.6) is 0 Å². The molecular formula is C21H22ClN5O4S. The van der Waals surface area contributed by atoms with Gasteiger partial charge in [0.2, 0.25) is 5.91 Å². The molecule has 32 heavy (non-hydrogen) atoms. The van der Waals surface area contributed by atoms with Gasteiger partial charge in [-0.3, -0.25) is 18.7 Å². The molecule has 2 aromatic heterocycles. The Morgan fingerprint density at radius 3 is 2.66 bits per heavy atom. The number of nitrogens with zero attached hydrogens (tertiary/aromatic N) is 4. The van der Waals surface area contributed by atoms with Crippen molar-refractivity contribution < 1.29 is 9.53 Å². The van der Waals surface area contributed by atoms with Gasteiger partial charge in [0.1, 0.15) is 10.4 Å². The molecule has 3 aromatic rings. The summed E-state index contributed by atoms with van der Waals surface area (Å²) in [6.07, 6.45) is 1.97. The molecule has 0 saturated carbocycles. The van der Waals surface area contributed by atoms with Crippen molar-refractivity contribution in [3.05, 3.63) is 50.1 Å². The number of fused-ring (bicyclic) bond motifs is 1. The van der Waals surface area contributed by atoms with Gasteiger partial charge in [-0.15, -0.1) is 0 Å². The minimum atomic E-state index is -0.506. The second-order valence-corrected chi connectivity index (χ2v) is 8.89. The summed E-state index contributed by atoms with van der Waals surface area (Å²) < 4.78 is 7.84. The van der Waals surface area contributed by atoms with Crippen molar-refractivity contribution in [1.82, 2.24) is 24.4 Å². The monoisotopic (exact) mass is 475 g/mol. The molecule has 0 aliphatic carbocycles. The van der Waals surface area contributed by atoms with Crippen LogP contribution in [0.2, 0.25) is 5.02 Å². The van der Waals surface area contributed by atoms with Crippen molar-refractivity contribution in [2.45, 2.75) is 24.0 Å². The van der Waals surface area contributed by atoms with Gasteiger partial charge in [0.15, 0.2) is 11.5 Å². The van der Waals surface area contributed by atoms with Crippen molar-refractivity contribution in [1.29, 1.82) is 0 Å². The molecule has 1 saturated heterocycles. The molecule has 0 radical (unpaired) electrons. The van der Waals surface area contributed by atoms with E-state index in [0.29, 0.717) is 28.0 Å². The zero-order valence-corrected chi connectivity index (χ0v) is 19.2. The molecule has 0 bridgehead atoms. The highest BCUT2D eigenvalue weighted by Gasteiger charge is 2.20. The number of nitrogens with one attached hydrogen (secondary N) is 1. The second-order valence-electron chi connectivity index (χ2n) is 7.49. The highest BCUT2D eigenvalue weighted by molar-refractivity contribution is 8.00. The number of aromatic nitrogens is 4. The molecule has 1 amide bonds. The zero-order chi connectivity index (χ0) is 22.8. The van der Waals surface area contributed by atoms with E-state index in [1.54, 1.807) is 31.3 Å². The molecule has 1 fully saturated rings. The first-order valence-electron chi connectivity index (χ1n) is 10.1. The van der Waals surface area contributed by atoms with Crippen LogP contribution in [0.25, 0.3) is 22.4 Å². The molecule has 4 rings (SSSR count). The first-order valence-corrected chi connectivity index (χ1v) is 11.5. The van der Waals surface area contributed by atoms with Crippen LogP contribution in [0.1, 0.15) is 12.8 Å². The summed E-state index contributed by atoms with van der Waals surface area (Å²) in [4.78, 5) is 46.8. The van der Waals surface area contributed by atoms with E-state index in [9.17, 15) is 14.4 Å². The standard InChI is InChI=1S/C21H22ClN5O4S/c1-26-18-16(20(29)27(2)21(26)30)19(25-17(24-18)12-5-7-13(22)8-6-12)32-11-15(28)23-10-14-4-3-9-31-14/h5-8,14H,3-4,9-11H2,1-2H3,(H,23,28)/t14-/m0/s1. The lowest BCUT2D eigenvalue weighted by molar-refractivity contribution is -0.119. The number of thioether (sulfide) groups is 1. The Labute approximate surface area is 192 Å². The SMILES string of the molecule is Cn1c(=O)c2c(SCC(=O)NC[C@@H]3CCCO3)nc(-c3ccc(Cl)cc3)nc2n(C)c1=O. The number of hydrogen-bond acceptors (Lipinski definition) is 7. The average Bonchev–Trinajstić information content (AvgIpc) is 3.32. The van der Waals surface area contributed by atoms with Crippen LogP contribution in [0, 0.1) is 0 Å². The van der Waals surface area contributed by atoms with E-state index in [2.05, 4.69) is 15.3 Å². The van der Waals surface area contributed by atoms with Crippen LogP contribution < -0.4 is 16.6 Å². The number of ether oxygens (including phenoxy) is 1. The van der Waals surface area contributed by atoms with Gasteiger partial charge >= 0.3 is 5.69 Å². The van der Waals surface area contributed by atoms with Gasteiger partial charge in [-0.05, 0) is 37.1 Å². The number of benzene rings is 1. The molecule has 168 valence electrons. The van der Waals surface area contributed by atoms with Crippen molar-refractivity contribution >= 4 is 40.3 Å². The van der Waals surface area contributed by atoms with Gasteiger partial charge in [-0.25, -0.2) is 14.8 Å². The van der Waals surface area contributed by atoms with E-state index in [0.717, 1.165) is 35.8 Å². The molecular weight excluding hydrogens is 454 g/mol. The van der Waals surface area contributed by atoms with Gasteiger partial charge in [0, 0.05) is 37.8 Å². The van der Waals surface area contributed by atoms with Crippen molar-refractivity contribution in [2.24, 2.45) is 14.1 Å². The number of aryl methyl sites for hydroxylation is 1. The van der Waals surface area contributed by atoms with Crippen LogP contribution >= 0.6 is 23.4 Å². The number of hydrogen-bond donors (Lipinski definition) is 1. The Kier molecular flexibility index (Phi) is 6.63. The van der Waals surface area contributed by atoms with Crippen molar-refractivity contribution in [2.75, 3.05) is 18.9 Å². The van der Waals surface area contributed by atoms with Gasteiger partial charge in [0.25, 0.3) is 5.56 Å². The largest absolute Gasteiger partial charge is 0.376 e. The number of carbonyl (C=O) groups excluding carboxylic acids is 1. The van der Waals surface area contributed by atoms with Crippen LogP contribution in [0.3, 0.4) is 0 Å². The minimum absolute atomic E-state index is 0.0437. The quantitative estimate of drug-likeness (QED) is 0.427. The van der Waals surface area contributed by atoms with E-state index in [1.807, 2.05) is 0 Å². The number of halogens is 1. The lowest BCUT2D eigenvalue weighted by atomic mass is 10.2. The maximum absolute atomic E-state index is 12.9. The predicted octanol–water partition coefficient (Wildman–Crippen LogP) is 1.73. The Bertz CT molecular complexity index is 1280. The van der Waals surface area contributed by atoms with Gasteiger partial charge in [0.05, 0.1) is 11.9 Å². The van der Waals surface area contributed by atoms with Gasteiger partial charge in [-0.2, -0.15) is 0 Å². The molecule has 0 spiro atoms. The van der Waals surface area contributed by atoms with Gasteiger partial charge in [-0.1, -0.05) is 23.4 Å².